The van der Waals surface area contributed by atoms with Gasteiger partial charge >= 0.3 is 19.8 Å². The van der Waals surface area contributed by atoms with Gasteiger partial charge in [0, 0.05) is 19.4 Å². The predicted octanol–water partition coefficient (Wildman–Crippen LogP) is 10.9. The van der Waals surface area contributed by atoms with Crippen LogP contribution in [0.25, 0.3) is 0 Å². The van der Waals surface area contributed by atoms with E-state index in [2.05, 4.69) is 62.5 Å². The fraction of sp³-hybridized carbons (Fsp3) is 0.767. The third kappa shape index (κ3) is 32.2. The smallest absolute Gasteiger partial charge is 0.462 e. The summed E-state index contributed by atoms with van der Waals surface area (Å²) in [7, 11) is -4.40. The van der Waals surface area contributed by atoms with Gasteiger partial charge < -0.3 is 24.8 Å². The Labute approximate surface area is 328 Å². The first-order chi connectivity index (χ1) is 26.3. The Kier molecular flexibility index (Phi) is 32.7. The molecule has 0 bridgehead atoms. The lowest BCUT2D eigenvalue weighted by Gasteiger charge is -2.19. The van der Waals surface area contributed by atoms with Crippen molar-refractivity contribution in [3.63, 3.8) is 0 Å². The zero-order chi connectivity index (χ0) is 39.4. The molecule has 4 unspecified atom stereocenters. The number of hydrogen-bond donors (Lipinski definition) is 2. The van der Waals surface area contributed by atoms with Crippen molar-refractivity contribution in [3.8, 4) is 0 Å². The Morgan fingerprint density at radius 2 is 1.20 bits per heavy atom. The van der Waals surface area contributed by atoms with E-state index in [1.807, 2.05) is 0 Å². The molecule has 4 atom stereocenters. The maximum absolute atomic E-state index is 12.6. The van der Waals surface area contributed by atoms with Crippen LogP contribution in [-0.2, 0) is 37.4 Å². The first-order valence-corrected chi connectivity index (χ1v) is 22.7. The number of hydrogen-bond acceptors (Lipinski definition) is 9. The summed E-state index contributed by atoms with van der Waals surface area (Å²) in [5.41, 5.74) is 5.34. The molecule has 0 aromatic rings. The van der Waals surface area contributed by atoms with Gasteiger partial charge in [-0.15, -0.1) is 0 Å². The van der Waals surface area contributed by atoms with Gasteiger partial charge in [0.05, 0.1) is 25.4 Å². The molecule has 0 spiro atoms. The van der Waals surface area contributed by atoms with E-state index in [1.54, 1.807) is 0 Å². The van der Waals surface area contributed by atoms with E-state index in [9.17, 15) is 19.0 Å². The molecule has 1 heterocycles. The van der Waals surface area contributed by atoms with Crippen molar-refractivity contribution in [3.05, 3.63) is 48.6 Å². The standard InChI is InChI=1S/C43H76NO9P/c1-3-5-7-9-11-13-15-17-18-19-21-23-25-27-29-33-42(45)49-37-39(38-51-54(47,48)50-36-35-44)52-43(46)34-30-32-41-40(53-41)31-28-26-24-22-20-16-14-12-10-8-6-4-2/h12,14,17-18,20,22,26,28,39-41H,3-11,13,15-16,19,21,23-25,27,29-38,44H2,1-2H3,(H,47,48). The van der Waals surface area contributed by atoms with Gasteiger partial charge in [0.25, 0.3) is 0 Å². The summed E-state index contributed by atoms with van der Waals surface area (Å²) in [6.45, 7) is 3.59. The minimum absolute atomic E-state index is 0.0385. The predicted molar refractivity (Wildman–Crippen MR) is 219 cm³/mol. The lowest BCUT2D eigenvalue weighted by atomic mass is 10.1. The van der Waals surface area contributed by atoms with E-state index in [0.29, 0.717) is 12.8 Å². The Hall–Kier alpha value is -2.07. The van der Waals surface area contributed by atoms with E-state index in [0.717, 1.165) is 64.2 Å². The van der Waals surface area contributed by atoms with E-state index >= 15 is 0 Å². The number of allylic oxidation sites excluding steroid dienone is 7. The Bertz CT molecular complexity index is 1090. The molecule has 0 amide bonds. The van der Waals surface area contributed by atoms with Crippen molar-refractivity contribution in [2.75, 3.05) is 26.4 Å². The van der Waals surface area contributed by atoms with Crippen molar-refractivity contribution >= 4 is 19.8 Å². The normalized spacial score (nSPS) is 17.6. The molecule has 3 N–H and O–H groups in total. The van der Waals surface area contributed by atoms with Gasteiger partial charge in [-0.25, -0.2) is 4.57 Å². The Morgan fingerprint density at radius 3 is 1.87 bits per heavy atom. The molecule has 0 aromatic carbocycles. The van der Waals surface area contributed by atoms with E-state index in [-0.39, 0.29) is 44.8 Å². The summed E-state index contributed by atoms with van der Waals surface area (Å²) in [5.74, 6) is -0.917. The van der Waals surface area contributed by atoms with Crippen LogP contribution in [0.15, 0.2) is 48.6 Å². The Balaban J connectivity index is 2.26. The number of carbonyl (C=O) groups excluding carboxylic acids is 2. The third-order valence-corrected chi connectivity index (χ3v) is 10.1. The molecule has 1 fully saturated rings. The molecule has 1 aliphatic rings. The zero-order valence-electron chi connectivity index (χ0n) is 33.9. The molecule has 1 saturated heterocycles. The molecule has 1 rings (SSSR count). The second kappa shape index (κ2) is 35.4. The second-order valence-electron chi connectivity index (χ2n) is 14.2. The number of carbonyl (C=O) groups is 2. The van der Waals surface area contributed by atoms with Crippen LogP contribution in [0.4, 0.5) is 0 Å². The van der Waals surface area contributed by atoms with Gasteiger partial charge in [0.15, 0.2) is 6.10 Å². The fourth-order valence-corrected chi connectivity index (χ4v) is 6.60. The summed E-state index contributed by atoms with van der Waals surface area (Å²) >= 11 is 0. The molecule has 0 radical (unpaired) electrons. The largest absolute Gasteiger partial charge is 0.472 e. The van der Waals surface area contributed by atoms with Crippen LogP contribution in [0.5, 0.6) is 0 Å². The maximum Gasteiger partial charge on any atom is 0.472 e. The summed E-state index contributed by atoms with van der Waals surface area (Å²) in [6.07, 6.45) is 41.6. The van der Waals surface area contributed by atoms with Gasteiger partial charge in [-0.1, -0.05) is 127 Å². The van der Waals surface area contributed by atoms with E-state index in [4.69, 9.17) is 29.0 Å². The van der Waals surface area contributed by atoms with Crippen LogP contribution in [-0.4, -0.2) is 61.5 Å². The van der Waals surface area contributed by atoms with Gasteiger partial charge in [0.1, 0.15) is 6.61 Å². The molecule has 11 heteroatoms. The number of ether oxygens (including phenoxy) is 3. The highest BCUT2D eigenvalue weighted by atomic mass is 31.2. The molecule has 0 aromatic heterocycles. The van der Waals surface area contributed by atoms with Crippen molar-refractivity contribution in [1.29, 1.82) is 0 Å². The minimum Gasteiger partial charge on any atom is -0.462 e. The van der Waals surface area contributed by atoms with Crippen LogP contribution in [0.3, 0.4) is 0 Å². The first kappa shape index (κ1) is 49.9. The second-order valence-corrected chi connectivity index (χ2v) is 15.7. The van der Waals surface area contributed by atoms with Gasteiger partial charge in [-0.3, -0.25) is 18.6 Å². The molecule has 312 valence electrons. The number of esters is 2. The summed E-state index contributed by atoms with van der Waals surface area (Å²) in [5, 5.41) is 0. The van der Waals surface area contributed by atoms with Crippen LogP contribution in [0.2, 0.25) is 0 Å². The number of rotatable bonds is 38. The Morgan fingerprint density at radius 1 is 0.667 bits per heavy atom. The lowest BCUT2D eigenvalue weighted by Crippen LogP contribution is -2.29. The highest BCUT2D eigenvalue weighted by Gasteiger charge is 2.36. The van der Waals surface area contributed by atoms with E-state index < -0.39 is 32.5 Å². The summed E-state index contributed by atoms with van der Waals surface area (Å²) < 4.78 is 38.5. The minimum atomic E-state index is -4.40. The number of nitrogens with two attached hydrogens (primary N) is 1. The summed E-state index contributed by atoms with van der Waals surface area (Å²) in [4.78, 5) is 34.9. The van der Waals surface area contributed by atoms with Gasteiger partial charge in [0.2, 0.25) is 0 Å². The van der Waals surface area contributed by atoms with Crippen LogP contribution < -0.4 is 5.73 Å². The van der Waals surface area contributed by atoms with Crippen molar-refractivity contribution in [2.24, 2.45) is 5.73 Å². The maximum atomic E-state index is 12.6. The van der Waals surface area contributed by atoms with Gasteiger partial charge in [-0.05, 0) is 77.0 Å². The topological polar surface area (TPSA) is 147 Å². The van der Waals surface area contributed by atoms with Crippen LogP contribution >= 0.6 is 7.82 Å². The SMILES string of the molecule is CCCCCC=CCC=CCC=CCC1OC1CCCC(=O)OC(COC(=O)CCCCCCCC=CCCCCCCCC)COP(=O)(O)OCCN. The van der Waals surface area contributed by atoms with Crippen molar-refractivity contribution in [2.45, 2.75) is 186 Å². The molecule has 1 aliphatic heterocycles. The third-order valence-electron chi connectivity index (χ3n) is 9.11. The van der Waals surface area contributed by atoms with Gasteiger partial charge in [-0.2, -0.15) is 0 Å². The number of phosphoric acid groups is 1. The molecular weight excluding hydrogens is 705 g/mol. The van der Waals surface area contributed by atoms with Crippen LogP contribution in [0, 0.1) is 0 Å². The average Bonchev–Trinajstić information content (AvgIpc) is 3.91. The summed E-state index contributed by atoms with van der Waals surface area (Å²) in [6, 6.07) is 0. The number of phosphoric ester groups is 1. The van der Waals surface area contributed by atoms with E-state index in [1.165, 1.54) is 64.2 Å². The zero-order valence-corrected chi connectivity index (χ0v) is 34.8. The van der Waals surface area contributed by atoms with Crippen LogP contribution in [0.1, 0.15) is 168 Å². The number of epoxide rings is 1. The monoisotopic (exact) mass is 782 g/mol. The molecule has 0 saturated carbocycles. The van der Waals surface area contributed by atoms with Crippen molar-refractivity contribution in [1.82, 2.24) is 0 Å². The fourth-order valence-electron chi connectivity index (χ4n) is 5.83. The molecule has 54 heavy (non-hydrogen) atoms. The first-order valence-electron chi connectivity index (χ1n) is 21.2. The van der Waals surface area contributed by atoms with Crippen molar-refractivity contribution < 1.29 is 42.3 Å². The number of unbranched alkanes of at least 4 members (excludes halogenated alkanes) is 14. The molecule has 0 aliphatic carbocycles. The average molecular weight is 782 g/mol. The highest BCUT2D eigenvalue weighted by Crippen LogP contribution is 2.43. The quantitative estimate of drug-likeness (QED) is 0.0204. The lowest BCUT2D eigenvalue weighted by molar-refractivity contribution is -0.161. The highest BCUT2D eigenvalue weighted by molar-refractivity contribution is 7.47. The molecule has 10 nitrogen and oxygen atoms in total. The molecular formula is C43H76NO9P.